The van der Waals surface area contributed by atoms with E-state index in [0.717, 1.165) is 15.1 Å². The van der Waals surface area contributed by atoms with Gasteiger partial charge in [-0.15, -0.1) is 16.4 Å². The third kappa shape index (κ3) is 2.82. The molecule has 6 heteroatoms. The second-order valence-corrected chi connectivity index (χ2v) is 4.08. The largest absolute Gasteiger partial charge is 0.369 e. The zero-order valence-corrected chi connectivity index (χ0v) is 9.39. The number of nitrogens with zero attached hydrogens (tertiary/aromatic N) is 2. The standard InChI is InChI=1S/C7H9BrN4S/c1-4(11-12-7(9)10)6-5(8)2-3-13-6/h2-3H,1H3,(H4,9,10,12)/b11-4-. The maximum absolute atomic E-state index is 5.14. The van der Waals surface area contributed by atoms with Gasteiger partial charge in [-0.1, -0.05) is 0 Å². The van der Waals surface area contributed by atoms with Gasteiger partial charge in [0.1, 0.15) is 0 Å². The van der Waals surface area contributed by atoms with E-state index in [-0.39, 0.29) is 5.96 Å². The van der Waals surface area contributed by atoms with Crippen molar-refractivity contribution in [2.75, 3.05) is 0 Å². The molecule has 0 bridgehead atoms. The number of nitrogens with two attached hydrogens (primary N) is 2. The van der Waals surface area contributed by atoms with E-state index in [1.807, 2.05) is 18.4 Å². The predicted molar refractivity (Wildman–Crippen MR) is 60.0 cm³/mol. The molecule has 0 aliphatic rings. The first-order valence-electron chi connectivity index (χ1n) is 3.48. The molecule has 0 saturated heterocycles. The Morgan fingerprint density at radius 3 is 2.62 bits per heavy atom. The molecule has 4 N–H and O–H groups in total. The Morgan fingerprint density at radius 1 is 1.46 bits per heavy atom. The second-order valence-electron chi connectivity index (χ2n) is 2.31. The highest BCUT2D eigenvalue weighted by molar-refractivity contribution is 9.10. The fourth-order valence-electron chi connectivity index (χ4n) is 0.730. The Kier molecular flexibility index (Phi) is 3.44. The summed E-state index contributed by atoms with van der Waals surface area (Å²) in [5, 5.41) is 9.40. The van der Waals surface area contributed by atoms with Crippen LogP contribution in [-0.2, 0) is 0 Å². The lowest BCUT2D eigenvalue weighted by Crippen LogP contribution is -2.22. The lowest BCUT2D eigenvalue weighted by atomic mass is 10.3. The SMILES string of the molecule is C/C(=N/N=C(N)N)c1sccc1Br. The van der Waals surface area contributed by atoms with Crippen LogP contribution in [0.1, 0.15) is 11.8 Å². The van der Waals surface area contributed by atoms with Crippen LogP contribution < -0.4 is 11.5 Å². The summed E-state index contributed by atoms with van der Waals surface area (Å²) in [4.78, 5) is 1.03. The first-order valence-corrected chi connectivity index (χ1v) is 5.15. The van der Waals surface area contributed by atoms with Crippen molar-refractivity contribution in [2.24, 2.45) is 21.7 Å². The third-order valence-corrected chi connectivity index (χ3v) is 3.21. The summed E-state index contributed by atoms with van der Waals surface area (Å²) in [7, 11) is 0. The van der Waals surface area contributed by atoms with Gasteiger partial charge in [0.25, 0.3) is 0 Å². The molecule has 4 nitrogen and oxygen atoms in total. The van der Waals surface area contributed by atoms with Gasteiger partial charge in [-0.25, -0.2) is 0 Å². The number of hydrogen-bond donors (Lipinski definition) is 2. The van der Waals surface area contributed by atoms with Crippen LogP contribution in [0.15, 0.2) is 26.1 Å². The fourth-order valence-corrected chi connectivity index (χ4v) is 2.34. The molecule has 1 heterocycles. The Bertz CT molecular complexity index is 351. The van der Waals surface area contributed by atoms with Crippen LogP contribution in [0, 0.1) is 0 Å². The van der Waals surface area contributed by atoms with Crippen LogP contribution >= 0.6 is 27.3 Å². The highest BCUT2D eigenvalue weighted by Crippen LogP contribution is 2.23. The molecule has 0 aromatic carbocycles. The zero-order chi connectivity index (χ0) is 9.84. The molecule has 0 amide bonds. The van der Waals surface area contributed by atoms with Gasteiger partial charge in [0.15, 0.2) is 0 Å². The van der Waals surface area contributed by atoms with Crippen molar-refractivity contribution in [1.29, 1.82) is 0 Å². The molecule has 70 valence electrons. The van der Waals surface area contributed by atoms with E-state index in [0.29, 0.717) is 0 Å². The molecule has 0 saturated carbocycles. The molecule has 13 heavy (non-hydrogen) atoms. The number of guanidine groups is 1. The van der Waals surface area contributed by atoms with Crippen LogP contribution in [-0.4, -0.2) is 11.7 Å². The maximum atomic E-state index is 5.14. The van der Waals surface area contributed by atoms with Gasteiger partial charge in [0, 0.05) is 4.47 Å². The molecule has 0 unspecified atom stereocenters. The van der Waals surface area contributed by atoms with E-state index < -0.39 is 0 Å². The van der Waals surface area contributed by atoms with Crippen LogP contribution in [0.3, 0.4) is 0 Å². The molecule has 1 aromatic heterocycles. The van der Waals surface area contributed by atoms with Crippen LogP contribution in [0.5, 0.6) is 0 Å². The van der Waals surface area contributed by atoms with E-state index in [4.69, 9.17) is 11.5 Å². The average Bonchev–Trinajstić information content (AvgIpc) is 2.47. The molecule has 0 aliphatic heterocycles. The second kappa shape index (κ2) is 4.38. The molecular formula is C7H9BrN4S. The van der Waals surface area contributed by atoms with E-state index in [1.165, 1.54) is 0 Å². The third-order valence-electron chi connectivity index (χ3n) is 1.26. The van der Waals surface area contributed by atoms with E-state index in [2.05, 4.69) is 26.1 Å². The van der Waals surface area contributed by atoms with Crippen molar-refractivity contribution in [3.8, 4) is 0 Å². The highest BCUT2D eigenvalue weighted by atomic mass is 79.9. The molecule has 0 aliphatic carbocycles. The van der Waals surface area contributed by atoms with Crippen molar-refractivity contribution in [3.05, 3.63) is 20.8 Å². The van der Waals surface area contributed by atoms with Gasteiger partial charge < -0.3 is 11.5 Å². The van der Waals surface area contributed by atoms with Crippen LogP contribution in [0.2, 0.25) is 0 Å². The zero-order valence-electron chi connectivity index (χ0n) is 6.99. The van der Waals surface area contributed by atoms with Gasteiger partial charge in [-0.2, -0.15) is 5.10 Å². The Balaban J connectivity index is 2.91. The molecule has 0 atom stereocenters. The summed E-state index contributed by atoms with van der Waals surface area (Å²) >= 11 is 4.97. The average molecular weight is 261 g/mol. The Labute approximate surface area is 88.5 Å². The first-order chi connectivity index (χ1) is 6.11. The fraction of sp³-hybridized carbons (Fsp3) is 0.143. The smallest absolute Gasteiger partial charge is 0.211 e. The predicted octanol–water partition coefficient (Wildman–Crippen LogP) is 1.51. The molecule has 0 fully saturated rings. The van der Waals surface area contributed by atoms with Crippen molar-refractivity contribution < 1.29 is 0 Å². The molecule has 0 spiro atoms. The van der Waals surface area contributed by atoms with Crippen molar-refractivity contribution in [2.45, 2.75) is 6.92 Å². The minimum absolute atomic E-state index is 0.0352. The van der Waals surface area contributed by atoms with Crippen molar-refractivity contribution in [1.82, 2.24) is 0 Å². The van der Waals surface area contributed by atoms with Gasteiger partial charge in [0.2, 0.25) is 5.96 Å². The van der Waals surface area contributed by atoms with Crippen LogP contribution in [0.4, 0.5) is 0 Å². The number of rotatable bonds is 2. The summed E-state index contributed by atoms with van der Waals surface area (Å²) in [6.45, 7) is 1.85. The van der Waals surface area contributed by atoms with Gasteiger partial charge in [-0.05, 0) is 34.3 Å². The van der Waals surface area contributed by atoms with E-state index >= 15 is 0 Å². The van der Waals surface area contributed by atoms with E-state index in [9.17, 15) is 0 Å². The minimum atomic E-state index is -0.0352. The summed E-state index contributed by atoms with van der Waals surface area (Å²) < 4.78 is 1.00. The lowest BCUT2D eigenvalue weighted by Gasteiger charge is -1.94. The van der Waals surface area contributed by atoms with Crippen LogP contribution in [0.25, 0.3) is 0 Å². The molecular weight excluding hydrogens is 252 g/mol. The Hall–Kier alpha value is -0.880. The summed E-state index contributed by atoms with van der Waals surface area (Å²) in [5.41, 5.74) is 11.1. The molecule has 0 radical (unpaired) electrons. The topological polar surface area (TPSA) is 76.8 Å². The monoisotopic (exact) mass is 260 g/mol. The van der Waals surface area contributed by atoms with Crippen molar-refractivity contribution in [3.63, 3.8) is 0 Å². The molecule has 1 rings (SSSR count). The lowest BCUT2D eigenvalue weighted by molar-refractivity contribution is 1.20. The maximum Gasteiger partial charge on any atom is 0.211 e. The Morgan fingerprint density at radius 2 is 2.15 bits per heavy atom. The van der Waals surface area contributed by atoms with Crippen molar-refractivity contribution >= 4 is 38.9 Å². The van der Waals surface area contributed by atoms with E-state index in [1.54, 1.807) is 11.3 Å². The minimum Gasteiger partial charge on any atom is -0.369 e. The number of hydrogen-bond acceptors (Lipinski definition) is 3. The normalized spacial score (nSPS) is 11.4. The van der Waals surface area contributed by atoms with Gasteiger partial charge in [-0.3, -0.25) is 0 Å². The molecule has 1 aromatic rings. The summed E-state index contributed by atoms with van der Waals surface area (Å²) in [6, 6.07) is 1.95. The van der Waals surface area contributed by atoms with Gasteiger partial charge in [0.05, 0.1) is 10.6 Å². The number of halogens is 1. The van der Waals surface area contributed by atoms with Gasteiger partial charge >= 0.3 is 0 Å². The number of thiophene rings is 1. The quantitative estimate of drug-likeness (QED) is 0.481. The summed E-state index contributed by atoms with van der Waals surface area (Å²) in [5.74, 6) is -0.0352. The first kappa shape index (κ1) is 10.2. The summed E-state index contributed by atoms with van der Waals surface area (Å²) in [6.07, 6.45) is 0. The highest BCUT2D eigenvalue weighted by Gasteiger charge is 2.03.